The zero-order valence-electron chi connectivity index (χ0n) is 6.42. The lowest BCUT2D eigenvalue weighted by molar-refractivity contribution is -0.142. The highest BCUT2D eigenvalue weighted by atomic mass is 16.4. The van der Waals surface area contributed by atoms with Gasteiger partial charge in [0.15, 0.2) is 0 Å². The molecule has 0 aromatic rings. The Morgan fingerprint density at radius 2 is 2.18 bits per heavy atom. The molecule has 1 unspecified atom stereocenters. The summed E-state index contributed by atoms with van der Waals surface area (Å²) in [6, 6.07) is 0. The standard InChI is InChI=1S/C8H13NO2/c9-4-8-1-5(2-8)6(3-8)7(10)11/h5-6H,1-4,9H2,(H,10,11). The van der Waals surface area contributed by atoms with Crippen LogP contribution in [0.3, 0.4) is 0 Å². The van der Waals surface area contributed by atoms with Gasteiger partial charge in [0, 0.05) is 0 Å². The topological polar surface area (TPSA) is 63.3 Å². The van der Waals surface area contributed by atoms with Crippen LogP contribution < -0.4 is 5.73 Å². The smallest absolute Gasteiger partial charge is 0.306 e. The number of aliphatic carboxylic acids is 1. The van der Waals surface area contributed by atoms with Crippen LogP contribution in [0.25, 0.3) is 0 Å². The number of rotatable bonds is 2. The molecule has 0 aromatic heterocycles. The highest BCUT2D eigenvalue weighted by Crippen LogP contribution is 2.61. The Morgan fingerprint density at radius 1 is 1.55 bits per heavy atom. The van der Waals surface area contributed by atoms with Crippen molar-refractivity contribution in [2.24, 2.45) is 23.0 Å². The molecule has 3 aliphatic carbocycles. The van der Waals surface area contributed by atoms with Gasteiger partial charge in [0.1, 0.15) is 0 Å². The molecule has 0 saturated heterocycles. The van der Waals surface area contributed by atoms with Crippen LogP contribution in [0, 0.1) is 17.3 Å². The van der Waals surface area contributed by atoms with Crippen molar-refractivity contribution in [3.63, 3.8) is 0 Å². The number of carboxylic acids is 1. The number of hydrogen-bond acceptors (Lipinski definition) is 2. The molecule has 0 radical (unpaired) electrons. The summed E-state index contributed by atoms with van der Waals surface area (Å²) < 4.78 is 0. The highest BCUT2D eigenvalue weighted by molar-refractivity contribution is 5.71. The monoisotopic (exact) mass is 155 g/mol. The van der Waals surface area contributed by atoms with E-state index < -0.39 is 5.97 Å². The molecule has 3 aliphatic rings. The van der Waals surface area contributed by atoms with Gasteiger partial charge in [-0.2, -0.15) is 0 Å². The zero-order valence-corrected chi connectivity index (χ0v) is 6.42. The summed E-state index contributed by atoms with van der Waals surface area (Å²) in [7, 11) is 0. The summed E-state index contributed by atoms with van der Waals surface area (Å²) >= 11 is 0. The Kier molecular flexibility index (Phi) is 1.27. The lowest BCUT2D eigenvalue weighted by Crippen LogP contribution is -2.35. The first-order valence-electron chi connectivity index (χ1n) is 4.10. The van der Waals surface area contributed by atoms with Crippen LogP contribution in [0.1, 0.15) is 19.3 Å². The maximum atomic E-state index is 10.7. The van der Waals surface area contributed by atoms with Crippen LogP contribution in [0.15, 0.2) is 0 Å². The largest absolute Gasteiger partial charge is 0.481 e. The molecular formula is C8H13NO2. The van der Waals surface area contributed by atoms with E-state index in [-0.39, 0.29) is 11.3 Å². The Morgan fingerprint density at radius 3 is 2.45 bits per heavy atom. The number of nitrogens with two attached hydrogens (primary N) is 1. The lowest BCUT2D eigenvalue weighted by atomic mass is 9.69. The van der Waals surface area contributed by atoms with Crippen LogP contribution in [0.2, 0.25) is 0 Å². The molecule has 3 N–H and O–H groups in total. The Labute approximate surface area is 65.6 Å². The van der Waals surface area contributed by atoms with Crippen molar-refractivity contribution in [3.8, 4) is 0 Å². The average molecular weight is 155 g/mol. The van der Waals surface area contributed by atoms with Gasteiger partial charge in [0.2, 0.25) is 0 Å². The first-order chi connectivity index (χ1) is 5.17. The first-order valence-corrected chi connectivity index (χ1v) is 4.10. The molecule has 3 nitrogen and oxygen atoms in total. The minimum absolute atomic E-state index is 0.0847. The average Bonchev–Trinajstić information content (AvgIpc) is 2.38. The Bertz CT molecular complexity index is 196. The predicted molar refractivity (Wildman–Crippen MR) is 40.0 cm³/mol. The van der Waals surface area contributed by atoms with Gasteiger partial charge in [-0.15, -0.1) is 0 Å². The fourth-order valence-electron chi connectivity index (χ4n) is 2.68. The number of fused-ring (bicyclic) bond motifs is 1. The first kappa shape index (κ1) is 7.10. The molecular weight excluding hydrogens is 142 g/mol. The van der Waals surface area contributed by atoms with Gasteiger partial charge in [0.25, 0.3) is 0 Å². The second-order valence-corrected chi connectivity index (χ2v) is 4.02. The number of carboxylic acid groups (broad SMARTS) is 1. The van der Waals surface area contributed by atoms with Gasteiger partial charge in [-0.1, -0.05) is 0 Å². The van der Waals surface area contributed by atoms with Crippen molar-refractivity contribution >= 4 is 5.97 Å². The van der Waals surface area contributed by atoms with E-state index in [0.717, 1.165) is 19.3 Å². The SMILES string of the molecule is NCC12CC(C1)C(C(=O)O)C2. The second-order valence-electron chi connectivity index (χ2n) is 4.02. The summed E-state index contributed by atoms with van der Waals surface area (Å²) in [5.41, 5.74) is 5.81. The lowest BCUT2D eigenvalue weighted by Gasteiger charge is -2.37. The predicted octanol–water partition coefficient (Wildman–Crippen LogP) is 0.446. The van der Waals surface area contributed by atoms with Gasteiger partial charge < -0.3 is 10.8 Å². The van der Waals surface area contributed by atoms with Gasteiger partial charge in [-0.25, -0.2) is 0 Å². The van der Waals surface area contributed by atoms with Crippen molar-refractivity contribution in [3.05, 3.63) is 0 Å². The van der Waals surface area contributed by atoms with Gasteiger partial charge in [0.05, 0.1) is 5.92 Å². The summed E-state index contributed by atoms with van der Waals surface area (Å²) in [6.45, 7) is 0.674. The maximum absolute atomic E-state index is 10.7. The van der Waals surface area contributed by atoms with Gasteiger partial charge in [-0.05, 0) is 37.1 Å². The Balaban J connectivity index is 2.08. The molecule has 0 heterocycles. The van der Waals surface area contributed by atoms with Crippen molar-refractivity contribution < 1.29 is 9.90 Å². The summed E-state index contributed by atoms with van der Waals surface area (Å²) in [4.78, 5) is 10.7. The molecule has 0 spiro atoms. The molecule has 0 aliphatic heterocycles. The quantitative estimate of drug-likeness (QED) is 0.608. The fraction of sp³-hybridized carbons (Fsp3) is 0.875. The van der Waals surface area contributed by atoms with Crippen LogP contribution in [0.4, 0.5) is 0 Å². The van der Waals surface area contributed by atoms with E-state index in [0.29, 0.717) is 12.5 Å². The fourth-order valence-corrected chi connectivity index (χ4v) is 2.68. The van der Waals surface area contributed by atoms with E-state index >= 15 is 0 Å². The van der Waals surface area contributed by atoms with Crippen molar-refractivity contribution in [2.45, 2.75) is 19.3 Å². The van der Waals surface area contributed by atoms with Crippen molar-refractivity contribution in [2.75, 3.05) is 6.54 Å². The van der Waals surface area contributed by atoms with Gasteiger partial charge in [-0.3, -0.25) is 4.79 Å². The third-order valence-corrected chi connectivity index (χ3v) is 3.36. The van der Waals surface area contributed by atoms with E-state index in [1.54, 1.807) is 0 Å². The third-order valence-electron chi connectivity index (χ3n) is 3.36. The molecule has 2 bridgehead atoms. The molecule has 62 valence electrons. The van der Waals surface area contributed by atoms with Crippen LogP contribution in [-0.4, -0.2) is 17.6 Å². The molecule has 11 heavy (non-hydrogen) atoms. The van der Waals surface area contributed by atoms with E-state index in [9.17, 15) is 4.79 Å². The van der Waals surface area contributed by atoms with E-state index in [2.05, 4.69) is 0 Å². The van der Waals surface area contributed by atoms with Crippen molar-refractivity contribution in [1.29, 1.82) is 0 Å². The summed E-state index contributed by atoms with van der Waals surface area (Å²) in [5, 5.41) is 8.78. The number of carbonyl (C=O) groups is 1. The summed E-state index contributed by atoms with van der Waals surface area (Å²) in [6.07, 6.45) is 2.93. The maximum Gasteiger partial charge on any atom is 0.306 e. The van der Waals surface area contributed by atoms with Crippen molar-refractivity contribution in [1.82, 2.24) is 0 Å². The van der Waals surface area contributed by atoms with E-state index in [1.165, 1.54) is 0 Å². The molecule has 0 amide bonds. The minimum Gasteiger partial charge on any atom is -0.481 e. The van der Waals surface area contributed by atoms with E-state index in [4.69, 9.17) is 10.8 Å². The molecule has 1 atom stereocenters. The van der Waals surface area contributed by atoms with E-state index in [1.807, 2.05) is 0 Å². The molecule has 0 aromatic carbocycles. The third kappa shape index (κ3) is 0.805. The summed E-state index contributed by atoms with van der Waals surface area (Å²) in [5.74, 6) is -0.266. The molecule has 3 saturated carbocycles. The second kappa shape index (κ2) is 1.97. The van der Waals surface area contributed by atoms with Crippen LogP contribution in [-0.2, 0) is 4.79 Å². The molecule has 3 heteroatoms. The molecule has 3 rings (SSSR count). The highest BCUT2D eigenvalue weighted by Gasteiger charge is 2.57. The number of hydrogen-bond donors (Lipinski definition) is 2. The Hall–Kier alpha value is -0.570. The molecule has 3 fully saturated rings. The minimum atomic E-state index is -0.622. The zero-order chi connectivity index (χ0) is 8.06. The normalized spacial score (nSPS) is 47.0. The van der Waals surface area contributed by atoms with Crippen LogP contribution in [0.5, 0.6) is 0 Å². The van der Waals surface area contributed by atoms with Gasteiger partial charge >= 0.3 is 5.97 Å². The van der Waals surface area contributed by atoms with Crippen LogP contribution >= 0.6 is 0 Å².